The smallest absolute Gasteiger partial charge is 0.129 e. The molecular formula is C13H23N3. The summed E-state index contributed by atoms with van der Waals surface area (Å²) in [7, 11) is 0. The lowest BCUT2D eigenvalue weighted by atomic mass is 9.90. The van der Waals surface area contributed by atoms with E-state index in [0.717, 1.165) is 17.9 Å². The van der Waals surface area contributed by atoms with Crippen LogP contribution in [0.4, 0.5) is 5.82 Å². The SMILES string of the molecule is CC(C)(C)Cc1cc(NC(C)(C)C)ncn1. The molecule has 1 aromatic rings. The maximum absolute atomic E-state index is 4.30. The molecule has 0 aromatic carbocycles. The van der Waals surface area contributed by atoms with Crippen molar-refractivity contribution in [3.05, 3.63) is 18.1 Å². The predicted molar refractivity (Wildman–Crippen MR) is 68.6 cm³/mol. The molecule has 0 unspecified atom stereocenters. The molecule has 0 bridgehead atoms. The Morgan fingerprint density at radius 1 is 1.06 bits per heavy atom. The number of aromatic nitrogens is 2. The fourth-order valence-corrected chi connectivity index (χ4v) is 1.49. The normalized spacial score (nSPS) is 12.6. The van der Waals surface area contributed by atoms with E-state index in [1.165, 1.54) is 0 Å². The van der Waals surface area contributed by atoms with Crippen LogP contribution in [0.15, 0.2) is 12.4 Å². The van der Waals surface area contributed by atoms with Gasteiger partial charge >= 0.3 is 0 Å². The maximum Gasteiger partial charge on any atom is 0.129 e. The molecule has 1 rings (SSSR count). The van der Waals surface area contributed by atoms with Gasteiger partial charge < -0.3 is 5.32 Å². The molecular weight excluding hydrogens is 198 g/mol. The Labute approximate surface area is 98.7 Å². The van der Waals surface area contributed by atoms with Crippen LogP contribution >= 0.6 is 0 Å². The minimum atomic E-state index is 0.0351. The molecule has 3 heteroatoms. The first-order valence-corrected chi connectivity index (χ1v) is 5.75. The zero-order chi connectivity index (χ0) is 12.4. The lowest BCUT2D eigenvalue weighted by Gasteiger charge is -2.22. The molecule has 0 fully saturated rings. The minimum Gasteiger partial charge on any atom is -0.365 e. The first-order chi connectivity index (χ1) is 7.16. The Morgan fingerprint density at radius 3 is 2.19 bits per heavy atom. The lowest BCUT2D eigenvalue weighted by molar-refractivity contribution is 0.406. The zero-order valence-corrected chi connectivity index (χ0v) is 11.3. The van der Waals surface area contributed by atoms with Crippen LogP contribution in [-0.4, -0.2) is 15.5 Å². The van der Waals surface area contributed by atoms with Gasteiger partial charge in [0.05, 0.1) is 0 Å². The van der Waals surface area contributed by atoms with Gasteiger partial charge in [0, 0.05) is 17.3 Å². The molecule has 0 aliphatic rings. The number of anilines is 1. The van der Waals surface area contributed by atoms with Gasteiger partial charge in [-0.15, -0.1) is 0 Å². The monoisotopic (exact) mass is 221 g/mol. The lowest BCUT2D eigenvalue weighted by Crippen LogP contribution is -2.26. The van der Waals surface area contributed by atoms with Crippen molar-refractivity contribution in [2.45, 2.75) is 53.5 Å². The highest BCUT2D eigenvalue weighted by Crippen LogP contribution is 2.20. The quantitative estimate of drug-likeness (QED) is 0.833. The first kappa shape index (κ1) is 12.9. The molecule has 90 valence electrons. The topological polar surface area (TPSA) is 37.8 Å². The largest absolute Gasteiger partial charge is 0.365 e. The molecule has 1 heterocycles. The number of rotatable bonds is 2. The number of hydrogen-bond donors (Lipinski definition) is 1. The fourth-order valence-electron chi connectivity index (χ4n) is 1.49. The Bertz CT molecular complexity index is 314. The number of nitrogens with one attached hydrogen (secondary N) is 1. The van der Waals surface area contributed by atoms with Crippen molar-refractivity contribution in [2.75, 3.05) is 5.32 Å². The highest BCUT2D eigenvalue weighted by molar-refractivity contribution is 5.37. The van der Waals surface area contributed by atoms with Crippen LogP contribution in [0.1, 0.15) is 47.2 Å². The van der Waals surface area contributed by atoms with E-state index in [1.807, 2.05) is 6.07 Å². The molecule has 0 saturated heterocycles. The summed E-state index contributed by atoms with van der Waals surface area (Å²) in [5, 5.41) is 3.36. The van der Waals surface area contributed by atoms with Crippen molar-refractivity contribution >= 4 is 5.82 Å². The van der Waals surface area contributed by atoms with E-state index in [9.17, 15) is 0 Å². The Morgan fingerprint density at radius 2 is 1.69 bits per heavy atom. The second-order valence-electron chi connectivity index (χ2n) is 6.51. The first-order valence-electron chi connectivity index (χ1n) is 5.75. The molecule has 3 nitrogen and oxygen atoms in total. The van der Waals surface area contributed by atoms with Crippen molar-refractivity contribution in [3.8, 4) is 0 Å². The van der Waals surface area contributed by atoms with Gasteiger partial charge in [-0.25, -0.2) is 9.97 Å². The predicted octanol–water partition coefficient (Wildman–Crippen LogP) is 3.28. The summed E-state index contributed by atoms with van der Waals surface area (Å²) < 4.78 is 0. The molecule has 0 spiro atoms. The maximum atomic E-state index is 4.30. The van der Waals surface area contributed by atoms with E-state index in [-0.39, 0.29) is 11.0 Å². The summed E-state index contributed by atoms with van der Waals surface area (Å²) in [6.07, 6.45) is 2.60. The average molecular weight is 221 g/mol. The standard InChI is InChI=1S/C13H23N3/c1-12(2,3)8-10-7-11(15-9-14-10)16-13(4,5)6/h7,9H,8H2,1-6H3,(H,14,15,16). The zero-order valence-electron chi connectivity index (χ0n) is 11.3. The van der Waals surface area contributed by atoms with Crippen molar-refractivity contribution in [3.63, 3.8) is 0 Å². The van der Waals surface area contributed by atoms with Crippen LogP contribution in [0, 0.1) is 5.41 Å². The van der Waals surface area contributed by atoms with Gasteiger partial charge in [-0.1, -0.05) is 20.8 Å². The summed E-state index contributed by atoms with van der Waals surface area (Å²) in [4.78, 5) is 8.54. The van der Waals surface area contributed by atoms with Crippen molar-refractivity contribution in [1.29, 1.82) is 0 Å². The Kier molecular flexibility index (Phi) is 3.56. The summed E-state index contributed by atoms with van der Waals surface area (Å²) >= 11 is 0. The third-order valence-corrected chi connectivity index (χ3v) is 1.94. The van der Waals surface area contributed by atoms with E-state index in [2.05, 4.69) is 56.8 Å². The van der Waals surface area contributed by atoms with E-state index in [1.54, 1.807) is 6.33 Å². The molecule has 0 aliphatic heterocycles. The van der Waals surface area contributed by atoms with Crippen LogP contribution in [0.2, 0.25) is 0 Å². The molecule has 0 atom stereocenters. The summed E-state index contributed by atoms with van der Waals surface area (Å²) in [5.41, 5.74) is 1.38. The number of hydrogen-bond acceptors (Lipinski definition) is 3. The highest BCUT2D eigenvalue weighted by Gasteiger charge is 2.14. The van der Waals surface area contributed by atoms with E-state index in [0.29, 0.717) is 0 Å². The van der Waals surface area contributed by atoms with Crippen LogP contribution < -0.4 is 5.32 Å². The van der Waals surface area contributed by atoms with Gasteiger partial charge in [0.15, 0.2) is 0 Å². The molecule has 0 aliphatic carbocycles. The van der Waals surface area contributed by atoms with Crippen LogP contribution in [0.5, 0.6) is 0 Å². The Balaban J connectivity index is 2.79. The second-order valence-corrected chi connectivity index (χ2v) is 6.51. The van der Waals surface area contributed by atoms with Crippen molar-refractivity contribution in [2.24, 2.45) is 5.41 Å². The van der Waals surface area contributed by atoms with E-state index < -0.39 is 0 Å². The highest BCUT2D eigenvalue weighted by atomic mass is 15.1. The molecule has 1 N–H and O–H groups in total. The summed E-state index contributed by atoms with van der Waals surface area (Å²) in [6.45, 7) is 13.0. The molecule has 1 aromatic heterocycles. The molecule has 16 heavy (non-hydrogen) atoms. The third-order valence-electron chi connectivity index (χ3n) is 1.94. The van der Waals surface area contributed by atoms with E-state index >= 15 is 0 Å². The second kappa shape index (κ2) is 4.40. The molecule has 0 saturated carbocycles. The average Bonchev–Trinajstić information content (AvgIpc) is 1.96. The third kappa shape index (κ3) is 5.10. The molecule has 0 amide bonds. The Hall–Kier alpha value is -1.12. The van der Waals surface area contributed by atoms with Gasteiger partial charge in [0.2, 0.25) is 0 Å². The summed E-state index contributed by atoms with van der Waals surface area (Å²) in [5.74, 6) is 0.904. The van der Waals surface area contributed by atoms with E-state index in [4.69, 9.17) is 0 Å². The van der Waals surface area contributed by atoms with Gasteiger partial charge in [-0.3, -0.25) is 0 Å². The van der Waals surface area contributed by atoms with Crippen molar-refractivity contribution in [1.82, 2.24) is 9.97 Å². The van der Waals surface area contributed by atoms with Gasteiger partial charge in [0.1, 0.15) is 12.1 Å². The fraction of sp³-hybridized carbons (Fsp3) is 0.692. The van der Waals surface area contributed by atoms with Crippen molar-refractivity contribution < 1.29 is 0 Å². The van der Waals surface area contributed by atoms with Gasteiger partial charge in [-0.05, 0) is 32.6 Å². The minimum absolute atomic E-state index is 0.0351. The summed E-state index contributed by atoms with van der Waals surface area (Å²) in [6, 6.07) is 2.04. The van der Waals surface area contributed by atoms with Gasteiger partial charge in [-0.2, -0.15) is 0 Å². The van der Waals surface area contributed by atoms with Crippen LogP contribution in [0.25, 0.3) is 0 Å². The number of nitrogens with zero attached hydrogens (tertiary/aromatic N) is 2. The van der Waals surface area contributed by atoms with Gasteiger partial charge in [0.25, 0.3) is 0 Å². The van der Waals surface area contributed by atoms with Crippen LogP contribution in [0.3, 0.4) is 0 Å². The van der Waals surface area contributed by atoms with Crippen LogP contribution in [-0.2, 0) is 6.42 Å². The molecule has 0 radical (unpaired) electrons.